The van der Waals surface area contributed by atoms with Crippen LogP contribution < -0.4 is 5.32 Å². The first kappa shape index (κ1) is 13.3. The van der Waals surface area contributed by atoms with E-state index in [4.69, 9.17) is 0 Å². The lowest BCUT2D eigenvalue weighted by molar-refractivity contribution is 0.0995. The maximum atomic E-state index is 12.3. The summed E-state index contributed by atoms with van der Waals surface area (Å²) in [5, 5.41) is 2.92. The average Bonchev–Trinajstić information content (AvgIpc) is 3.31. The number of ketones is 1. The number of hydrogen-bond acceptors (Lipinski definition) is 2. The molecule has 2 aromatic carbocycles. The van der Waals surface area contributed by atoms with E-state index in [0.29, 0.717) is 23.6 Å². The first-order chi connectivity index (χ1) is 10.7. The topological polar surface area (TPSA) is 46.2 Å². The van der Waals surface area contributed by atoms with Crippen LogP contribution in [0.4, 0.5) is 5.69 Å². The van der Waals surface area contributed by atoms with Crippen LogP contribution in [0.1, 0.15) is 57.0 Å². The summed E-state index contributed by atoms with van der Waals surface area (Å²) in [7, 11) is 0. The van der Waals surface area contributed by atoms with Crippen LogP contribution >= 0.6 is 0 Å². The largest absolute Gasteiger partial charge is 0.321 e. The highest BCUT2D eigenvalue weighted by molar-refractivity contribution is 6.11. The zero-order valence-corrected chi connectivity index (χ0v) is 12.3. The Hall–Kier alpha value is -2.42. The second-order valence-electron chi connectivity index (χ2n) is 6.07. The Kier molecular flexibility index (Phi) is 3.07. The number of nitrogens with one attached hydrogen (secondary N) is 1. The van der Waals surface area contributed by atoms with Gasteiger partial charge in [0, 0.05) is 17.5 Å². The van der Waals surface area contributed by atoms with Gasteiger partial charge in [-0.05, 0) is 54.5 Å². The van der Waals surface area contributed by atoms with Gasteiger partial charge in [0.2, 0.25) is 0 Å². The zero-order valence-electron chi connectivity index (χ0n) is 12.3. The van der Waals surface area contributed by atoms with E-state index in [2.05, 4.69) is 11.4 Å². The molecule has 2 aliphatic rings. The van der Waals surface area contributed by atoms with Crippen LogP contribution in [0.15, 0.2) is 42.5 Å². The molecule has 3 heteroatoms. The Morgan fingerprint density at radius 2 is 1.77 bits per heavy atom. The molecule has 0 atom stereocenters. The molecule has 0 unspecified atom stereocenters. The van der Waals surface area contributed by atoms with Crippen molar-refractivity contribution in [1.29, 1.82) is 0 Å². The number of hydrogen-bond donors (Lipinski definition) is 1. The van der Waals surface area contributed by atoms with E-state index in [-0.39, 0.29) is 11.7 Å². The summed E-state index contributed by atoms with van der Waals surface area (Å²) in [6.45, 7) is 0. The van der Waals surface area contributed by atoms with Crippen LogP contribution in [0.5, 0.6) is 0 Å². The van der Waals surface area contributed by atoms with Crippen LogP contribution in [-0.4, -0.2) is 11.7 Å². The number of Topliss-reactive ketones (excluding diaryl/α,β-unsaturated/α-hetero) is 1. The molecule has 22 heavy (non-hydrogen) atoms. The molecule has 0 radical (unpaired) electrons. The molecule has 2 aliphatic carbocycles. The van der Waals surface area contributed by atoms with Gasteiger partial charge in [-0.3, -0.25) is 9.59 Å². The number of carbonyl (C=O) groups excluding carboxylic acids is 2. The average molecular weight is 291 g/mol. The lowest BCUT2D eigenvalue weighted by Gasteiger charge is -2.13. The van der Waals surface area contributed by atoms with Crippen molar-refractivity contribution in [1.82, 2.24) is 0 Å². The van der Waals surface area contributed by atoms with Crippen LogP contribution in [0, 0.1) is 0 Å². The van der Waals surface area contributed by atoms with Crippen molar-refractivity contribution in [2.24, 2.45) is 0 Å². The van der Waals surface area contributed by atoms with E-state index >= 15 is 0 Å². The van der Waals surface area contributed by atoms with Gasteiger partial charge >= 0.3 is 0 Å². The molecule has 0 aromatic heterocycles. The fourth-order valence-electron chi connectivity index (χ4n) is 3.28. The van der Waals surface area contributed by atoms with Crippen molar-refractivity contribution in [3.63, 3.8) is 0 Å². The van der Waals surface area contributed by atoms with Crippen LogP contribution in [0.25, 0.3) is 0 Å². The number of benzene rings is 2. The fourth-order valence-corrected chi connectivity index (χ4v) is 3.28. The Balaban J connectivity index is 1.69. The molecule has 110 valence electrons. The lowest BCUT2D eigenvalue weighted by atomic mass is 9.98. The first-order valence-corrected chi connectivity index (χ1v) is 7.79. The molecule has 1 amide bonds. The predicted molar refractivity (Wildman–Crippen MR) is 85.5 cm³/mol. The molecule has 0 bridgehead atoms. The highest BCUT2D eigenvalue weighted by Gasteiger charge is 2.32. The van der Waals surface area contributed by atoms with Crippen molar-refractivity contribution < 1.29 is 9.59 Å². The van der Waals surface area contributed by atoms with Crippen LogP contribution in [-0.2, 0) is 6.42 Å². The number of rotatable bonds is 3. The standard InChI is InChI=1S/C19H17NO2/c21-17-11-9-15-14(12-6-7-12)8-10-16(18(15)17)20-19(22)13-4-2-1-3-5-13/h1-5,8,10,12H,6-7,9,11H2,(H,20,22). The number of anilines is 1. The van der Waals surface area contributed by atoms with Gasteiger partial charge in [0.05, 0.1) is 5.69 Å². The molecular formula is C19H17NO2. The summed E-state index contributed by atoms with van der Waals surface area (Å²) in [4.78, 5) is 24.6. The SMILES string of the molecule is O=C(Nc1ccc(C2CC2)c2c1C(=O)CC2)c1ccccc1. The molecule has 0 saturated heterocycles. The van der Waals surface area contributed by atoms with E-state index in [1.54, 1.807) is 12.1 Å². The predicted octanol–water partition coefficient (Wildman–Crippen LogP) is 3.95. The van der Waals surface area contributed by atoms with Crippen molar-refractivity contribution in [2.45, 2.75) is 31.6 Å². The quantitative estimate of drug-likeness (QED) is 0.930. The van der Waals surface area contributed by atoms with Crippen molar-refractivity contribution in [3.8, 4) is 0 Å². The monoisotopic (exact) mass is 291 g/mol. The number of amides is 1. The van der Waals surface area contributed by atoms with Gasteiger partial charge in [0.1, 0.15) is 0 Å². The molecule has 2 aromatic rings. The van der Waals surface area contributed by atoms with E-state index < -0.39 is 0 Å². The highest BCUT2D eigenvalue weighted by Crippen LogP contribution is 2.45. The van der Waals surface area contributed by atoms with Gasteiger partial charge in [-0.15, -0.1) is 0 Å². The van der Waals surface area contributed by atoms with Gasteiger partial charge in [0.15, 0.2) is 5.78 Å². The van der Waals surface area contributed by atoms with Crippen molar-refractivity contribution >= 4 is 17.4 Å². The fraction of sp³-hybridized carbons (Fsp3) is 0.263. The van der Waals surface area contributed by atoms with Gasteiger partial charge in [-0.2, -0.15) is 0 Å². The molecule has 0 aliphatic heterocycles. The third-order valence-corrected chi connectivity index (χ3v) is 4.53. The van der Waals surface area contributed by atoms with E-state index in [9.17, 15) is 9.59 Å². The molecule has 0 spiro atoms. The molecule has 1 saturated carbocycles. The Bertz CT molecular complexity index is 761. The maximum Gasteiger partial charge on any atom is 0.255 e. The second kappa shape index (κ2) is 5.09. The summed E-state index contributed by atoms with van der Waals surface area (Å²) in [6.07, 6.45) is 3.81. The maximum absolute atomic E-state index is 12.3. The zero-order chi connectivity index (χ0) is 15.1. The Labute approximate surface area is 129 Å². The second-order valence-corrected chi connectivity index (χ2v) is 6.07. The normalized spacial score (nSPS) is 16.5. The smallest absolute Gasteiger partial charge is 0.255 e. The Morgan fingerprint density at radius 1 is 1.00 bits per heavy atom. The summed E-state index contributed by atoms with van der Waals surface area (Å²) < 4.78 is 0. The van der Waals surface area contributed by atoms with Crippen LogP contribution in [0.3, 0.4) is 0 Å². The number of carbonyl (C=O) groups is 2. The summed E-state index contributed by atoms with van der Waals surface area (Å²) in [5.74, 6) is 0.612. The minimum atomic E-state index is -0.165. The summed E-state index contributed by atoms with van der Waals surface area (Å²) in [5.41, 5.74) is 4.49. The minimum Gasteiger partial charge on any atom is -0.321 e. The van der Waals surface area contributed by atoms with Crippen molar-refractivity contribution in [2.75, 3.05) is 5.32 Å². The van der Waals surface area contributed by atoms with E-state index in [1.807, 2.05) is 24.3 Å². The lowest BCUT2D eigenvalue weighted by Crippen LogP contribution is -2.14. The van der Waals surface area contributed by atoms with Crippen LogP contribution in [0.2, 0.25) is 0 Å². The molecule has 0 heterocycles. The summed E-state index contributed by atoms with van der Waals surface area (Å²) >= 11 is 0. The van der Waals surface area contributed by atoms with E-state index in [0.717, 1.165) is 12.0 Å². The molecule has 3 nitrogen and oxygen atoms in total. The molecule has 1 fully saturated rings. The first-order valence-electron chi connectivity index (χ1n) is 7.79. The highest BCUT2D eigenvalue weighted by atomic mass is 16.1. The Morgan fingerprint density at radius 3 is 2.50 bits per heavy atom. The third kappa shape index (κ3) is 2.23. The van der Waals surface area contributed by atoms with Crippen molar-refractivity contribution in [3.05, 3.63) is 64.7 Å². The van der Waals surface area contributed by atoms with E-state index in [1.165, 1.54) is 24.0 Å². The third-order valence-electron chi connectivity index (χ3n) is 4.53. The molecule has 1 N–H and O–H groups in total. The number of fused-ring (bicyclic) bond motifs is 1. The summed E-state index contributed by atoms with van der Waals surface area (Å²) in [6, 6.07) is 13.1. The minimum absolute atomic E-state index is 0.154. The van der Waals surface area contributed by atoms with Gasteiger partial charge in [0.25, 0.3) is 5.91 Å². The molecule has 4 rings (SSSR count). The molecular weight excluding hydrogens is 274 g/mol. The van der Waals surface area contributed by atoms with Gasteiger partial charge in [-0.25, -0.2) is 0 Å². The van der Waals surface area contributed by atoms with Gasteiger partial charge < -0.3 is 5.32 Å². The van der Waals surface area contributed by atoms with Gasteiger partial charge in [-0.1, -0.05) is 24.3 Å².